The van der Waals surface area contributed by atoms with Crippen LogP contribution >= 0.6 is 0 Å². The van der Waals surface area contributed by atoms with Gasteiger partial charge in [-0.3, -0.25) is 9.59 Å². The quantitative estimate of drug-likeness (QED) is 0.284. The van der Waals surface area contributed by atoms with Crippen molar-refractivity contribution in [1.29, 1.82) is 0 Å². The Hall–Kier alpha value is -4.28. The number of nitrogens with one attached hydrogen (secondary N) is 4. The molecule has 0 saturated carbocycles. The molecule has 11 heteroatoms. The predicted octanol–water partition coefficient (Wildman–Crippen LogP) is 2.81. The molecule has 2 rings (SSSR count). The van der Waals surface area contributed by atoms with Crippen LogP contribution in [0.4, 0.5) is 21.0 Å². The maximum atomic E-state index is 12.4. The molecule has 0 aliphatic rings. The van der Waals surface area contributed by atoms with Gasteiger partial charge in [-0.25, -0.2) is 9.59 Å². The molecule has 0 spiro atoms. The second-order valence-corrected chi connectivity index (χ2v) is 8.11. The van der Waals surface area contributed by atoms with Gasteiger partial charge in [0.05, 0.1) is 25.6 Å². The van der Waals surface area contributed by atoms with Crippen molar-refractivity contribution >= 4 is 35.3 Å². The number of nitrogens with zero attached hydrogens (tertiary/aromatic N) is 1. The molecule has 2 aromatic rings. The van der Waals surface area contributed by atoms with Gasteiger partial charge >= 0.3 is 18.0 Å². The van der Waals surface area contributed by atoms with Gasteiger partial charge in [-0.15, -0.1) is 0 Å². The molecule has 0 heterocycles. The second-order valence-electron chi connectivity index (χ2n) is 8.11. The van der Waals surface area contributed by atoms with Crippen LogP contribution in [0.5, 0.6) is 5.75 Å². The van der Waals surface area contributed by atoms with E-state index >= 15 is 0 Å². The third kappa shape index (κ3) is 9.53. The summed E-state index contributed by atoms with van der Waals surface area (Å²) in [4.78, 5) is 48.5. The van der Waals surface area contributed by atoms with E-state index in [1.165, 1.54) is 12.0 Å². The molecule has 0 aromatic heterocycles. The first-order chi connectivity index (χ1) is 17.2. The van der Waals surface area contributed by atoms with E-state index < -0.39 is 12.0 Å². The number of hydrogen-bond acceptors (Lipinski definition) is 5. The number of carbonyl (C=O) groups excluding carboxylic acids is 3. The van der Waals surface area contributed by atoms with E-state index in [4.69, 9.17) is 9.84 Å². The van der Waals surface area contributed by atoms with E-state index in [-0.39, 0.29) is 31.3 Å². The molecule has 0 unspecified atom stereocenters. The lowest BCUT2D eigenvalue weighted by atomic mass is 10.1. The van der Waals surface area contributed by atoms with Crippen molar-refractivity contribution in [2.24, 2.45) is 0 Å². The van der Waals surface area contributed by atoms with Crippen LogP contribution < -0.4 is 26.0 Å². The molecule has 0 aliphatic carbocycles. The number of para-hydroxylation sites is 1. The van der Waals surface area contributed by atoms with Gasteiger partial charge in [0.25, 0.3) is 0 Å². The minimum Gasteiger partial charge on any atom is -0.495 e. The van der Waals surface area contributed by atoms with Crippen molar-refractivity contribution in [3.8, 4) is 5.75 Å². The van der Waals surface area contributed by atoms with Gasteiger partial charge in [-0.05, 0) is 42.7 Å². The number of aliphatic carboxylic acids is 1. The van der Waals surface area contributed by atoms with Gasteiger partial charge in [-0.2, -0.15) is 0 Å². The highest BCUT2D eigenvalue weighted by Crippen LogP contribution is 2.26. The summed E-state index contributed by atoms with van der Waals surface area (Å²) in [6.45, 7) is 2.74. The lowest BCUT2D eigenvalue weighted by Gasteiger charge is -2.17. The number of anilines is 2. The highest BCUT2D eigenvalue weighted by Gasteiger charge is 2.12. The number of methoxy groups -OCH3 is 1. The zero-order valence-corrected chi connectivity index (χ0v) is 20.7. The molecule has 0 bridgehead atoms. The molecule has 194 valence electrons. The number of carboxylic acid groups (broad SMARTS) is 1. The van der Waals surface area contributed by atoms with Gasteiger partial charge in [0.2, 0.25) is 5.91 Å². The van der Waals surface area contributed by atoms with E-state index in [1.807, 2.05) is 31.2 Å². The third-order valence-electron chi connectivity index (χ3n) is 5.23. The Labute approximate surface area is 210 Å². The number of hydrogen-bond donors (Lipinski definition) is 5. The summed E-state index contributed by atoms with van der Waals surface area (Å²) < 4.78 is 5.38. The Kier molecular flexibility index (Phi) is 11.0. The standard InChI is InChI=1S/C25H33N5O6/c1-17-7-4-5-8-19(17)28-24(34)29-20-10-9-18(15-21(20)36-3)16-22(31)26-12-6-14-30(2)25(35)27-13-11-23(32)33/h4-5,7-10,15H,6,11-14,16H2,1-3H3,(H,26,31)(H,27,35)(H,32,33)(H2,28,29,34). The fraction of sp³-hybridized carbons (Fsp3) is 0.360. The molecule has 5 N–H and O–H groups in total. The number of rotatable bonds is 12. The Balaban J connectivity index is 1.78. The average Bonchev–Trinajstić information content (AvgIpc) is 2.83. The predicted molar refractivity (Wildman–Crippen MR) is 136 cm³/mol. The third-order valence-corrected chi connectivity index (χ3v) is 5.23. The lowest BCUT2D eigenvalue weighted by molar-refractivity contribution is -0.136. The second kappa shape index (κ2) is 14.2. The van der Waals surface area contributed by atoms with Gasteiger partial charge in [0.1, 0.15) is 5.75 Å². The van der Waals surface area contributed by atoms with Crippen LogP contribution in [0.3, 0.4) is 0 Å². The maximum Gasteiger partial charge on any atom is 0.323 e. The van der Waals surface area contributed by atoms with Gasteiger partial charge in [-0.1, -0.05) is 24.3 Å². The van der Waals surface area contributed by atoms with E-state index in [0.717, 1.165) is 5.56 Å². The molecule has 0 atom stereocenters. The molecule has 36 heavy (non-hydrogen) atoms. The van der Waals surface area contributed by atoms with Crippen LogP contribution in [0.25, 0.3) is 0 Å². The number of aryl methyl sites for hydroxylation is 1. The maximum absolute atomic E-state index is 12.4. The SMILES string of the molecule is COc1cc(CC(=O)NCCCN(C)C(=O)NCCC(=O)O)ccc1NC(=O)Nc1ccccc1C. The van der Waals surface area contributed by atoms with E-state index in [1.54, 1.807) is 25.2 Å². The summed E-state index contributed by atoms with van der Waals surface area (Å²) in [6, 6.07) is 11.8. The molecule has 2 aromatic carbocycles. The van der Waals surface area contributed by atoms with Crippen LogP contribution in [0.15, 0.2) is 42.5 Å². The normalized spacial score (nSPS) is 10.2. The number of urea groups is 2. The van der Waals surface area contributed by atoms with Crippen LogP contribution in [-0.2, 0) is 16.0 Å². The Morgan fingerprint density at radius 2 is 1.69 bits per heavy atom. The zero-order chi connectivity index (χ0) is 26.5. The van der Waals surface area contributed by atoms with Crippen molar-refractivity contribution in [3.63, 3.8) is 0 Å². The van der Waals surface area contributed by atoms with Crippen molar-refractivity contribution in [3.05, 3.63) is 53.6 Å². The van der Waals surface area contributed by atoms with Crippen molar-refractivity contribution < 1.29 is 29.0 Å². The fourth-order valence-electron chi connectivity index (χ4n) is 3.24. The molecular weight excluding hydrogens is 466 g/mol. The van der Waals surface area contributed by atoms with Crippen molar-refractivity contribution in [2.45, 2.75) is 26.2 Å². The van der Waals surface area contributed by atoms with Crippen LogP contribution in [0, 0.1) is 6.92 Å². The molecule has 0 saturated heterocycles. The molecule has 0 fully saturated rings. The summed E-state index contributed by atoms with van der Waals surface area (Å²) >= 11 is 0. The van der Waals surface area contributed by atoms with Crippen LogP contribution in [-0.4, -0.2) is 67.7 Å². The van der Waals surface area contributed by atoms with Crippen LogP contribution in [0.2, 0.25) is 0 Å². The first-order valence-electron chi connectivity index (χ1n) is 11.5. The van der Waals surface area contributed by atoms with Crippen molar-refractivity contribution in [1.82, 2.24) is 15.5 Å². The topological polar surface area (TPSA) is 149 Å². The minimum absolute atomic E-state index is 0.0599. The number of amides is 5. The first kappa shape index (κ1) is 28.0. The van der Waals surface area contributed by atoms with Crippen LogP contribution in [0.1, 0.15) is 24.0 Å². The minimum atomic E-state index is -0.979. The molecule has 5 amide bonds. The Bertz CT molecular complexity index is 1070. The summed E-state index contributed by atoms with van der Waals surface area (Å²) in [5, 5.41) is 19.5. The molecule has 0 aliphatic heterocycles. The van der Waals surface area contributed by atoms with E-state index in [9.17, 15) is 19.2 Å². The van der Waals surface area contributed by atoms with Gasteiger partial charge < -0.3 is 36.0 Å². The number of ether oxygens (including phenoxy) is 1. The molecule has 11 nitrogen and oxygen atoms in total. The summed E-state index contributed by atoms with van der Waals surface area (Å²) in [7, 11) is 3.08. The first-order valence-corrected chi connectivity index (χ1v) is 11.5. The number of benzene rings is 2. The molecule has 0 radical (unpaired) electrons. The van der Waals surface area contributed by atoms with E-state index in [0.29, 0.717) is 42.2 Å². The Morgan fingerprint density at radius 1 is 0.972 bits per heavy atom. The highest BCUT2D eigenvalue weighted by molar-refractivity contribution is 6.01. The highest BCUT2D eigenvalue weighted by atomic mass is 16.5. The summed E-state index contributed by atoms with van der Waals surface area (Å²) in [6.07, 6.45) is 0.520. The van der Waals surface area contributed by atoms with E-state index in [2.05, 4.69) is 21.3 Å². The number of carbonyl (C=O) groups is 4. The average molecular weight is 500 g/mol. The summed E-state index contributed by atoms with van der Waals surface area (Å²) in [5.74, 6) is -0.743. The number of carboxylic acids is 1. The fourth-order valence-corrected chi connectivity index (χ4v) is 3.24. The van der Waals surface area contributed by atoms with Gasteiger partial charge in [0.15, 0.2) is 0 Å². The van der Waals surface area contributed by atoms with Crippen molar-refractivity contribution in [2.75, 3.05) is 44.4 Å². The summed E-state index contributed by atoms with van der Waals surface area (Å²) in [5.41, 5.74) is 2.82. The largest absolute Gasteiger partial charge is 0.495 e. The smallest absolute Gasteiger partial charge is 0.323 e. The Morgan fingerprint density at radius 3 is 2.39 bits per heavy atom. The zero-order valence-electron chi connectivity index (χ0n) is 20.7. The molecular formula is C25H33N5O6. The monoisotopic (exact) mass is 499 g/mol. The van der Waals surface area contributed by atoms with Gasteiger partial charge in [0, 0.05) is 32.4 Å². The lowest BCUT2D eigenvalue weighted by Crippen LogP contribution is -2.39.